The first kappa shape index (κ1) is 21.0. The van der Waals surface area contributed by atoms with Gasteiger partial charge < -0.3 is 10.6 Å². The minimum Gasteiger partial charge on any atom is -0.332 e. The molecule has 0 amide bonds. The van der Waals surface area contributed by atoms with Crippen molar-refractivity contribution >= 4 is 28.7 Å². The molecule has 0 aliphatic carbocycles. The largest absolute Gasteiger partial charge is 0.416 e. The van der Waals surface area contributed by atoms with Crippen LogP contribution in [0.25, 0.3) is 0 Å². The molecule has 0 saturated carbocycles. The van der Waals surface area contributed by atoms with Gasteiger partial charge >= 0.3 is 12.4 Å². The molecule has 0 fully saturated rings. The van der Waals surface area contributed by atoms with Crippen molar-refractivity contribution in [3.05, 3.63) is 59.2 Å². The Morgan fingerprint density at radius 2 is 1.22 bits per heavy atom. The Bertz CT molecular complexity index is 778. The van der Waals surface area contributed by atoms with Crippen molar-refractivity contribution in [2.45, 2.75) is 32.1 Å². The summed E-state index contributed by atoms with van der Waals surface area (Å²) in [5, 5.41) is 4.98. The molecule has 0 aliphatic heterocycles. The normalized spacial score (nSPS) is 12.2. The van der Waals surface area contributed by atoms with Crippen LogP contribution >= 0.6 is 12.2 Å². The predicted molar refractivity (Wildman–Crippen MR) is 96.8 cm³/mol. The average Bonchev–Trinajstić information content (AvgIpc) is 2.53. The molecule has 0 aliphatic rings. The smallest absolute Gasteiger partial charge is 0.332 e. The number of hydrogen-bond acceptors (Lipinski definition) is 1. The van der Waals surface area contributed by atoms with Crippen LogP contribution in [0, 0.1) is 0 Å². The number of halogens is 6. The van der Waals surface area contributed by atoms with Crippen LogP contribution in [0.1, 0.15) is 36.5 Å². The average molecular weight is 406 g/mol. The van der Waals surface area contributed by atoms with Crippen LogP contribution in [0.3, 0.4) is 0 Å². The molecular formula is C18H16F6N2S. The first-order valence-electron chi connectivity index (χ1n) is 7.83. The van der Waals surface area contributed by atoms with E-state index < -0.39 is 29.2 Å². The molecule has 2 aromatic carbocycles. The van der Waals surface area contributed by atoms with Crippen LogP contribution in [0.2, 0.25) is 0 Å². The van der Waals surface area contributed by atoms with Crippen molar-refractivity contribution in [1.29, 1.82) is 0 Å². The highest BCUT2D eigenvalue weighted by atomic mass is 32.1. The van der Waals surface area contributed by atoms with E-state index in [0.717, 1.165) is 5.56 Å². The highest BCUT2D eigenvalue weighted by Crippen LogP contribution is 2.37. The van der Waals surface area contributed by atoms with Crippen LogP contribution < -0.4 is 10.6 Å². The van der Waals surface area contributed by atoms with Gasteiger partial charge in [-0.05, 0) is 54.0 Å². The number of benzene rings is 2. The second-order valence-electron chi connectivity index (χ2n) is 6.15. The number of rotatable bonds is 3. The third kappa shape index (κ3) is 5.85. The third-order valence-corrected chi connectivity index (χ3v) is 3.88. The van der Waals surface area contributed by atoms with Crippen LogP contribution in [-0.4, -0.2) is 5.11 Å². The van der Waals surface area contributed by atoms with Gasteiger partial charge in [0.05, 0.1) is 11.1 Å². The molecule has 9 heteroatoms. The van der Waals surface area contributed by atoms with Crippen LogP contribution in [0.15, 0.2) is 42.5 Å². The van der Waals surface area contributed by atoms with Crippen LogP contribution in [0.5, 0.6) is 0 Å². The Morgan fingerprint density at radius 1 is 0.778 bits per heavy atom. The summed E-state index contributed by atoms with van der Waals surface area (Å²) in [5.41, 5.74) is -1.60. The van der Waals surface area contributed by atoms with Gasteiger partial charge in [-0.25, -0.2) is 0 Å². The molecule has 2 rings (SSSR count). The number of thiocarbonyl (C=S) groups is 1. The number of hydrogen-bond donors (Lipinski definition) is 2. The van der Waals surface area contributed by atoms with E-state index in [9.17, 15) is 26.3 Å². The lowest BCUT2D eigenvalue weighted by Gasteiger charge is -2.16. The molecule has 2 nitrogen and oxygen atoms in total. The lowest BCUT2D eigenvalue weighted by Crippen LogP contribution is -2.20. The zero-order chi connectivity index (χ0) is 20.4. The molecule has 0 heterocycles. The molecular weight excluding hydrogens is 390 g/mol. The monoisotopic (exact) mass is 406 g/mol. The van der Waals surface area contributed by atoms with Crippen LogP contribution in [-0.2, 0) is 12.4 Å². The highest BCUT2D eigenvalue weighted by molar-refractivity contribution is 7.80. The summed E-state index contributed by atoms with van der Waals surface area (Å²) in [6, 6.07) is 8.35. The minimum atomic E-state index is -4.92. The molecule has 146 valence electrons. The van der Waals surface area contributed by atoms with E-state index in [2.05, 4.69) is 10.6 Å². The van der Waals surface area contributed by atoms with E-state index >= 15 is 0 Å². The van der Waals surface area contributed by atoms with Crippen molar-refractivity contribution in [2.75, 3.05) is 10.6 Å². The molecule has 0 unspecified atom stereocenters. The first-order chi connectivity index (χ1) is 12.4. The fraction of sp³-hybridized carbons (Fsp3) is 0.278. The second-order valence-corrected chi connectivity index (χ2v) is 6.56. The van der Waals surface area contributed by atoms with Gasteiger partial charge in [0.15, 0.2) is 5.11 Å². The molecule has 2 aromatic rings. The zero-order valence-electron chi connectivity index (χ0n) is 14.3. The van der Waals surface area contributed by atoms with Crippen molar-refractivity contribution < 1.29 is 26.3 Å². The van der Waals surface area contributed by atoms with Crippen molar-refractivity contribution in [1.82, 2.24) is 0 Å². The Labute approximate surface area is 157 Å². The molecule has 0 aromatic heterocycles. The highest BCUT2D eigenvalue weighted by Gasteiger charge is 2.37. The van der Waals surface area contributed by atoms with E-state index in [0.29, 0.717) is 23.7 Å². The van der Waals surface area contributed by atoms with Gasteiger partial charge in [-0.1, -0.05) is 26.0 Å². The quantitative estimate of drug-likeness (QED) is 0.440. The van der Waals surface area contributed by atoms with E-state index in [4.69, 9.17) is 12.2 Å². The molecule has 27 heavy (non-hydrogen) atoms. The number of anilines is 2. The topological polar surface area (TPSA) is 24.1 Å². The van der Waals surface area contributed by atoms with Gasteiger partial charge in [0.2, 0.25) is 0 Å². The van der Waals surface area contributed by atoms with Crippen LogP contribution in [0.4, 0.5) is 37.7 Å². The number of nitrogens with one attached hydrogen (secondary N) is 2. The maximum Gasteiger partial charge on any atom is 0.416 e. The van der Waals surface area contributed by atoms with E-state index in [-0.39, 0.29) is 11.2 Å². The van der Waals surface area contributed by atoms with Gasteiger partial charge in [0.1, 0.15) is 0 Å². The Kier molecular flexibility index (Phi) is 6.04. The lowest BCUT2D eigenvalue weighted by atomic mass is 10.0. The second kappa shape index (κ2) is 7.75. The van der Waals surface area contributed by atoms with Gasteiger partial charge in [0.25, 0.3) is 0 Å². The summed E-state index contributed by atoms with van der Waals surface area (Å²) in [6.45, 7) is 4.03. The molecule has 0 atom stereocenters. The summed E-state index contributed by atoms with van der Waals surface area (Å²) in [4.78, 5) is 0. The zero-order valence-corrected chi connectivity index (χ0v) is 15.1. The van der Waals surface area contributed by atoms with Gasteiger partial charge in [0, 0.05) is 11.4 Å². The third-order valence-electron chi connectivity index (χ3n) is 3.68. The molecule has 0 bridgehead atoms. The van der Waals surface area contributed by atoms with Gasteiger partial charge in [-0.3, -0.25) is 0 Å². The standard InChI is InChI=1S/C18H16F6N2S/c1-10(2)11-3-5-14(6-4-11)25-16(27)26-15-8-12(17(19,20)21)7-13(9-15)18(22,23)24/h3-10H,1-2H3,(H2,25,26,27). The van der Waals surface area contributed by atoms with Crippen molar-refractivity contribution in [3.8, 4) is 0 Å². The summed E-state index contributed by atoms with van der Waals surface area (Å²) in [7, 11) is 0. The fourth-order valence-electron chi connectivity index (χ4n) is 2.27. The fourth-order valence-corrected chi connectivity index (χ4v) is 2.51. The van der Waals surface area contributed by atoms with E-state index in [1.165, 1.54) is 0 Å². The summed E-state index contributed by atoms with van der Waals surface area (Å²) >= 11 is 4.99. The summed E-state index contributed by atoms with van der Waals surface area (Å²) in [5.74, 6) is 0.315. The number of alkyl halides is 6. The summed E-state index contributed by atoms with van der Waals surface area (Å²) < 4.78 is 77.3. The van der Waals surface area contributed by atoms with Gasteiger partial charge in [-0.15, -0.1) is 0 Å². The lowest BCUT2D eigenvalue weighted by molar-refractivity contribution is -0.143. The van der Waals surface area contributed by atoms with E-state index in [1.807, 2.05) is 26.0 Å². The molecule has 0 spiro atoms. The SMILES string of the molecule is CC(C)c1ccc(NC(=S)Nc2cc(C(F)(F)F)cc(C(F)(F)F)c2)cc1. The maximum atomic E-state index is 12.9. The molecule has 0 radical (unpaired) electrons. The van der Waals surface area contributed by atoms with Crippen molar-refractivity contribution in [2.24, 2.45) is 0 Å². The Morgan fingerprint density at radius 3 is 1.63 bits per heavy atom. The first-order valence-corrected chi connectivity index (χ1v) is 8.24. The predicted octanol–water partition coefficient (Wildman–Crippen LogP) is 6.66. The Balaban J connectivity index is 2.21. The van der Waals surface area contributed by atoms with Crippen molar-refractivity contribution in [3.63, 3.8) is 0 Å². The molecule has 2 N–H and O–H groups in total. The minimum absolute atomic E-state index is 0.0618. The molecule has 0 saturated heterocycles. The maximum absolute atomic E-state index is 12.9. The van der Waals surface area contributed by atoms with E-state index in [1.54, 1.807) is 12.1 Å². The summed E-state index contributed by atoms with van der Waals surface area (Å²) in [6.07, 6.45) is -9.83. The Hall–Kier alpha value is -2.29. The van der Waals surface area contributed by atoms with Gasteiger partial charge in [-0.2, -0.15) is 26.3 Å².